The zero-order valence-corrected chi connectivity index (χ0v) is 11.3. The minimum absolute atomic E-state index is 0.596. The molecule has 3 rings (SSSR count). The number of hydrogen-bond donors (Lipinski definition) is 1. The molecule has 0 unspecified atom stereocenters. The average Bonchev–Trinajstić information content (AvgIpc) is 2.94. The molecule has 0 radical (unpaired) electrons. The highest BCUT2D eigenvalue weighted by atomic mass is 16.5. The molecule has 100 valence electrons. The van der Waals surface area contributed by atoms with Gasteiger partial charge in [-0.15, -0.1) is 0 Å². The monoisotopic (exact) mass is 264 g/mol. The van der Waals surface area contributed by atoms with Crippen molar-refractivity contribution in [3.05, 3.63) is 60.7 Å². The molecule has 1 aromatic heterocycles. The minimum atomic E-state index is 0.596. The third kappa shape index (κ3) is 2.43. The SMILES string of the molecule is CCOc1nc(-c2ccccc2)[nH]c1-c1ccccc1. The van der Waals surface area contributed by atoms with Gasteiger partial charge in [0.1, 0.15) is 11.5 Å². The second-order valence-electron chi connectivity index (χ2n) is 4.43. The van der Waals surface area contributed by atoms with Gasteiger partial charge in [-0.2, -0.15) is 4.98 Å². The fraction of sp³-hybridized carbons (Fsp3) is 0.118. The van der Waals surface area contributed by atoms with E-state index in [2.05, 4.69) is 9.97 Å². The molecule has 0 spiro atoms. The fourth-order valence-corrected chi connectivity index (χ4v) is 2.13. The van der Waals surface area contributed by atoms with Crippen LogP contribution in [0.1, 0.15) is 6.92 Å². The van der Waals surface area contributed by atoms with Gasteiger partial charge in [-0.3, -0.25) is 0 Å². The van der Waals surface area contributed by atoms with E-state index in [1.165, 1.54) is 0 Å². The summed E-state index contributed by atoms with van der Waals surface area (Å²) in [5.74, 6) is 1.48. The van der Waals surface area contributed by atoms with Crippen molar-refractivity contribution >= 4 is 0 Å². The van der Waals surface area contributed by atoms with Crippen LogP contribution in [0.4, 0.5) is 0 Å². The molecule has 0 aliphatic heterocycles. The Hall–Kier alpha value is -2.55. The Morgan fingerprint density at radius 3 is 2.10 bits per heavy atom. The van der Waals surface area contributed by atoms with Crippen molar-refractivity contribution in [2.24, 2.45) is 0 Å². The van der Waals surface area contributed by atoms with Crippen molar-refractivity contribution in [1.82, 2.24) is 9.97 Å². The molecular formula is C17H16N2O. The topological polar surface area (TPSA) is 37.9 Å². The summed E-state index contributed by atoms with van der Waals surface area (Å²) >= 11 is 0. The average molecular weight is 264 g/mol. The zero-order chi connectivity index (χ0) is 13.8. The molecule has 1 heterocycles. The third-order valence-corrected chi connectivity index (χ3v) is 3.06. The predicted octanol–water partition coefficient (Wildman–Crippen LogP) is 4.14. The van der Waals surface area contributed by atoms with E-state index in [0.717, 1.165) is 22.6 Å². The molecule has 3 heteroatoms. The van der Waals surface area contributed by atoms with Crippen molar-refractivity contribution in [3.8, 4) is 28.5 Å². The Labute approximate surface area is 118 Å². The quantitative estimate of drug-likeness (QED) is 0.769. The molecule has 0 aliphatic rings. The van der Waals surface area contributed by atoms with Crippen molar-refractivity contribution < 1.29 is 4.74 Å². The molecule has 0 amide bonds. The summed E-state index contributed by atoms with van der Waals surface area (Å²) < 4.78 is 5.65. The summed E-state index contributed by atoms with van der Waals surface area (Å²) in [6, 6.07) is 20.2. The standard InChI is InChI=1S/C17H16N2O/c1-2-20-17-15(13-9-5-3-6-10-13)18-16(19-17)14-11-7-4-8-12-14/h3-12H,2H2,1H3,(H,18,19). The number of H-pyrrole nitrogens is 1. The van der Waals surface area contributed by atoms with Crippen molar-refractivity contribution in [3.63, 3.8) is 0 Å². The number of nitrogens with one attached hydrogen (secondary N) is 1. The fourth-order valence-electron chi connectivity index (χ4n) is 2.13. The smallest absolute Gasteiger partial charge is 0.240 e. The number of nitrogens with zero attached hydrogens (tertiary/aromatic N) is 1. The van der Waals surface area contributed by atoms with E-state index >= 15 is 0 Å². The molecule has 3 nitrogen and oxygen atoms in total. The lowest BCUT2D eigenvalue weighted by atomic mass is 10.2. The maximum Gasteiger partial charge on any atom is 0.240 e. The highest BCUT2D eigenvalue weighted by molar-refractivity contribution is 5.69. The van der Waals surface area contributed by atoms with Crippen LogP contribution in [-0.4, -0.2) is 16.6 Å². The molecule has 0 saturated heterocycles. The Morgan fingerprint density at radius 1 is 0.900 bits per heavy atom. The van der Waals surface area contributed by atoms with Gasteiger partial charge in [0.2, 0.25) is 5.88 Å². The van der Waals surface area contributed by atoms with Crippen LogP contribution in [0.25, 0.3) is 22.6 Å². The first-order valence-electron chi connectivity index (χ1n) is 6.72. The number of rotatable bonds is 4. The molecule has 1 N–H and O–H groups in total. The lowest BCUT2D eigenvalue weighted by Gasteiger charge is -2.02. The lowest BCUT2D eigenvalue weighted by Crippen LogP contribution is -1.93. The van der Waals surface area contributed by atoms with Crippen LogP contribution >= 0.6 is 0 Å². The van der Waals surface area contributed by atoms with Crippen LogP contribution in [0.3, 0.4) is 0 Å². The van der Waals surface area contributed by atoms with Crippen LogP contribution in [0.2, 0.25) is 0 Å². The minimum Gasteiger partial charge on any atom is -0.476 e. The van der Waals surface area contributed by atoms with Crippen molar-refractivity contribution in [2.75, 3.05) is 6.61 Å². The van der Waals surface area contributed by atoms with Crippen LogP contribution < -0.4 is 4.74 Å². The van der Waals surface area contributed by atoms with E-state index in [1.54, 1.807) is 0 Å². The molecule has 2 aromatic carbocycles. The molecule has 0 atom stereocenters. The first kappa shape index (κ1) is 12.5. The zero-order valence-electron chi connectivity index (χ0n) is 11.3. The molecule has 3 aromatic rings. The number of benzene rings is 2. The van der Waals surface area contributed by atoms with Gasteiger partial charge in [0.05, 0.1) is 6.61 Å². The largest absolute Gasteiger partial charge is 0.476 e. The third-order valence-electron chi connectivity index (χ3n) is 3.06. The summed E-state index contributed by atoms with van der Waals surface area (Å²) in [6.07, 6.45) is 0. The summed E-state index contributed by atoms with van der Waals surface area (Å²) in [4.78, 5) is 7.93. The van der Waals surface area contributed by atoms with Gasteiger partial charge in [0, 0.05) is 11.1 Å². The molecule has 20 heavy (non-hydrogen) atoms. The van der Waals surface area contributed by atoms with Crippen LogP contribution in [0, 0.1) is 0 Å². The highest BCUT2D eigenvalue weighted by Crippen LogP contribution is 2.30. The Kier molecular flexibility index (Phi) is 3.50. The molecule has 0 aliphatic carbocycles. The highest BCUT2D eigenvalue weighted by Gasteiger charge is 2.13. The number of ether oxygens (including phenoxy) is 1. The Morgan fingerprint density at radius 2 is 1.50 bits per heavy atom. The summed E-state index contributed by atoms with van der Waals surface area (Å²) in [5, 5.41) is 0. The molecule has 0 saturated carbocycles. The summed E-state index contributed by atoms with van der Waals surface area (Å²) in [6.45, 7) is 2.56. The van der Waals surface area contributed by atoms with E-state index < -0.39 is 0 Å². The van der Waals surface area contributed by atoms with E-state index in [0.29, 0.717) is 12.5 Å². The van der Waals surface area contributed by atoms with E-state index in [4.69, 9.17) is 4.74 Å². The van der Waals surface area contributed by atoms with Gasteiger partial charge in [-0.25, -0.2) is 0 Å². The van der Waals surface area contributed by atoms with E-state index in [9.17, 15) is 0 Å². The summed E-state index contributed by atoms with van der Waals surface area (Å²) in [7, 11) is 0. The Balaban J connectivity index is 2.08. The van der Waals surface area contributed by atoms with Gasteiger partial charge >= 0.3 is 0 Å². The van der Waals surface area contributed by atoms with Gasteiger partial charge in [0.25, 0.3) is 0 Å². The first-order valence-corrected chi connectivity index (χ1v) is 6.72. The number of aromatic nitrogens is 2. The maximum atomic E-state index is 5.65. The predicted molar refractivity (Wildman–Crippen MR) is 80.6 cm³/mol. The van der Waals surface area contributed by atoms with Crippen molar-refractivity contribution in [2.45, 2.75) is 6.92 Å². The molecule has 0 fully saturated rings. The van der Waals surface area contributed by atoms with Crippen LogP contribution in [0.5, 0.6) is 5.88 Å². The number of imidazole rings is 1. The molecule has 0 bridgehead atoms. The summed E-state index contributed by atoms with van der Waals surface area (Å²) in [5.41, 5.74) is 3.05. The Bertz CT molecular complexity index is 675. The number of hydrogen-bond acceptors (Lipinski definition) is 2. The van der Waals surface area contributed by atoms with E-state index in [1.807, 2.05) is 67.6 Å². The second kappa shape index (κ2) is 5.61. The van der Waals surface area contributed by atoms with Crippen LogP contribution in [0.15, 0.2) is 60.7 Å². The second-order valence-corrected chi connectivity index (χ2v) is 4.43. The van der Waals surface area contributed by atoms with E-state index in [-0.39, 0.29) is 0 Å². The van der Waals surface area contributed by atoms with Crippen molar-refractivity contribution in [1.29, 1.82) is 0 Å². The maximum absolute atomic E-state index is 5.65. The molecular weight excluding hydrogens is 248 g/mol. The number of aromatic amines is 1. The van der Waals surface area contributed by atoms with Gasteiger partial charge in [-0.1, -0.05) is 60.7 Å². The normalized spacial score (nSPS) is 10.4. The van der Waals surface area contributed by atoms with Gasteiger partial charge in [-0.05, 0) is 6.92 Å². The first-order chi connectivity index (χ1) is 9.88. The lowest BCUT2D eigenvalue weighted by molar-refractivity contribution is 0.330. The van der Waals surface area contributed by atoms with Gasteiger partial charge in [0.15, 0.2) is 0 Å². The van der Waals surface area contributed by atoms with Crippen LogP contribution in [-0.2, 0) is 0 Å². The van der Waals surface area contributed by atoms with Gasteiger partial charge < -0.3 is 9.72 Å².